The molecular weight excluding hydrogens is 266 g/mol. The molecule has 9 heteroatoms. The highest BCUT2D eigenvalue weighted by atomic mass is 32.2. The van der Waals surface area contributed by atoms with E-state index in [-0.39, 0.29) is 17.3 Å². The van der Waals surface area contributed by atoms with E-state index in [4.69, 9.17) is 0 Å². The maximum atomic E-state index is 11.9. The number of nitrogens with zero attached hydrogens (tertiary/aromatic N) is 2. The average Bonchev–Trinajstić information content (AvgIpc) is 2.60. The van der Waals surface area contributed by atoms with Gasteiger partial charge in [-0.2, -0.15) is 4.31 Å². The van der Waals surface area contributed by atoms with Crippen LogP contribution in [0.2, 0.25) is 0 Å². The lowest BCUT2D eigenvalue weighted by Crippen LogP contribution is -2.31. The van der Waals surface area contributed by atoms with E-state index in [2.05, 4.69) is 9.97 Å². The molecule has 7 nitrogen and oxygen atoms in total. The number of nitrogens with one attached hydrogen (secondary N) is 1. The minimum atomic E-state index is -3.69. The Bertz CT molecular complexity index is 588. The normalized spacial score (nSPS) is 13.2. The molecule has 0 bridgehead atoms. The van der Waals surface area contributed by atoms with Gasteiger partial charge < -0.3 is 4.98 Å². The summed E-state index contributed by atoms with van der Waals surface area (Å²) in [6.07, 6.45) is 2.27. The number of rotatable bonds is 5. The summed E-state index contributed by atoms with van der Waals surface area (Å²) in [5, 5.41) is -0.0361. The number of hydrogen-bond donors (Lipinski definition) is 1. The molecule has 0 fully saturated rings. The smallest absolute Gasteiger partial charge is 0.259 e. The van der Waals surface area contributed by atoms with Gasteiger partial charge in [-0.15, -0.1) is 0 Å². The fraction of sp³-hybridized carbons (Fsp3) is 0.625. The molecule has 1 aromatic rings. The number of imidazole rings is 1. The van der Waals surface area contributed by atoms with Crippen LogP contribution in [-0.2, 0) is 19.9 Å². The van der Waals surface area contributed by atoms with Crippen LogP contribution in [0.15, 0.2) is 11.2 Å². The van der Waals surface area contributed by atoms with Crippen molar-refractivity contribution in [3.63, 3.8) is 0 Å². The second-order valence-corrected chi connectivity index (χ2v) is 8.06. The molecule has 0 atom stereocenters. The Morgan fingerprint density at radius 2 is 1.94 bits per heavy atom. The fourth-order valence-electron chi connectivity index (χ4n) is 1.11. The number of aromatic nitrogens is 2. The van der Waals surface area contributed by atoms with Crippen molar-refractivity contribution in [1.29, 1.82) is 0 Å². The predicted octanol–water partition coefficient (Wildman–Crippen LogP) is -0.617. The molecule has 1 heterocycles. The molecule has 0 aliphatic rings. The van der Waals surface area contributed by atoms with Crippen molar-refractivity contribution in [2.75, 3.05) is 25.6 Å². The monoisotopic (exact) mass is 281 g/mol. The van der Waals surface area contributed by atoms with Crippen LogP contribution in [-0.4, -0.2) is 56.7 Å². The second-order valence-electron chi connectivity index (χ2n) is 3.79. The van der Waals surface area contributed by atoms with Crippen molar-refractivity contribution in [3.8, 4) is 0 Å². The molecule has 0 aromatic carbocycles. The highest BCUT2D eigenvalue weighted by molar-refractivity contribution is 7.91. The summed E-state index contributed by atoms with van der Waals surface area (Å²) >= 11 is 0. The third-order valence-corrected chi connectivity index (χ3v) is 4.84. The first-order chi connectivity index (χ1) is 7.63. The van der Waals surface area contributed by atoms with Crippen LogP contribution in [0.25, 0.3) is 0 Å². The highest BCUT2D eigenvalue weighted by Gasteiger charge is 2.23. The molecule has 1 rings (SSSR count). The lowest BCUT2D eigenvalue weighted by Gasteiger charge is -2.14. The van der Waals surface area contributed by atoms with Crippen molar-refractivity contribution in [3.05, 3.63) is 12.0 Å². The quantitative estimate of drug-likeness (QED) is 0.775. The van der Waals surface area contributed by atoms with Crippen LogP contribution in [0.3, 0.4) is 0 Å². The summed E-state index contributed by atoms with van der Waals surface area (Å²) in [6, 6.07) is 0. The molecule has 1 aromatic heterocycles. The standard InChI is InChI=1S/C8H15N3O4S2/c1-7-9-6-8(10-7)17(14,15)11(2)4-5-16(3,12)13/h6H,4-5H2,1-3H3,(H,9,10). The molecule has 1 N–H and O–H groups in total. The summed E-state index contributed by atoms with van der Waals surface area (Å²) in [5.74, 6) is 0.274. The zero-order chi connectivity index (χ0) is 13.3. The van der Waals surface area contributed by atoms with Crippen LogP contribution in [0.4, 0.5) is 0 Å². The first-order valence-corrected chi connectivity index (χ1v) is 8.28. The lowest BCUT2D eigenvalue weighted by molar-refractivity contribution is 0.482. The van der Waals surface area contributed by atoms with Crippen molar-refractivity contribution >= 4 is 19.9 Å². The molecule has 98 valence electrons. The lowest BCUT2D eigenvalue weighted by atomic mass is 10.8. The molecule has 0 saturated heterocycles. The molecule has 0 saturated carbocycles. The SMILES string of the molecule is Cc1ncc(S(=O)(=O)N(C)CCS(C)(=O)=O)[nH]1. The van der Waals surface area contributed by atoms with Gasteiger partial charge >= 0.3 is 0 Å². The zero-order valence-electron chi connectivity index (χ0n) is 9.84. The van der Waals surface area contributed by atoms with E-state index in [1.165, 1.54) is 13.2 Å². The van der Waals surface area contributed by atoms with Crippen molar-refractivity contribution in [1.82, 2.24) is 14.3 Å². The van der Waals surface area contributed by atoms with E-state index in [9.17, 15) is 16.8 Å². The minimum absolute atomic E-state index is 0.0361. The Labute approximate surface area is 101 Å². The molecular formula is C8H15N3O4S2. The molecule has 0 spiro atoms. The average molecular weight is 281 g/mol. The predicted molar refractivity (Wildman–Crippen MR) is 62.9 cm³/mol. The largest absolute Gasteiger partial charge is 0.332 e. The first-order valence-electron chi connectivity index (χ1n) is 4.78. The van der Waals surface area contributed by atoms with E-state index >= 15 is 0 Å². The number of hydrogen-bond acceptors (Lipinski definition) is 5. The van der Waals surface area contributed by atoms with Crippen LogP contribution in [0, 0.1) is 6.92 Å². The zero-order valence-corrected chi connectivity index (χ0v) is 11.5. The Hall–Kier alpha value is -0.930. The maximum Gasteiger partial charge on any atom is 0.259 e. The number of aryl methyl sites for hydroxylation is 1. The first kappa shape index (κ1) is 14.1. The summed E-state index contributed by atoms with van der Waals surface area (Å²) in [6.45, 7) is 1.55. The maximum absolute atomic E-state index is 11.9. The van der Waals surface area contributed by atoms with E-state index in [1.54, 1.807) is 6.92 Å². The van der Waals surface area contributed by atoms with Crippen molar-refractivity contribution < 1.29 is 16.8 Å². The van der Waals surface area contributed by atoms with Gasteiger partial charge in [-0.3, -0.25) is 0 Å². The Morgan fingerprint density at radius 3 is 2.35 bits per heavy atom. The Morgan fingerprint density at radius 1 is 1.35 bits per heavy atom. The summed E-state index contributed by atoms with van der Waals surface area (Å²) < 4.78 is 46.8. The van der Waals surface area contributed by atoms with Gasteiger partial charge in [0.25, 0.3) is 10.0 Å². The van der Waals surface area contributed by atoms with E-state index in [0.717, 1.165) is 10.6 Å². The van der Waals surface area contributed by atoms with Gasteiger partial charge in [-0.1, -0.05) is 0 Å². The summed E-state index contributed by atoms with van der Waals surface area (Å²) in [5.41, 5.74) is 0. The van der Waals surface area contributed by atoms with E-state index < -0.39 is 19.9 Å². The molecule has 0 unspecified atom stereocenters. The molecule has 0 aliphatic carbocycles. The number of sulfonamides is 1. The van der Waals surface area contributed by atoms with Crippen LogP contribution in [0.5, 0.6) is 0 Å². The minimum Gasteiger partial charge on any atom is -0.332 e. The van der Waals surface area contributed by atoms with Crippen molar-refractivity contribution in [2.24, 2.45) is 0 Å². The highest BCUT2D eigenvalue weighted by Crippen LogP contribution is 2.11. The van der Waals surface area contributed by atoms with Gasteiger partial charge in [0.15, 0.2) is 5.03 Å². The van der Waals surface area contributed by atoms with Gasteiger partial charge in [0, 0.05) is 19.8 Å². The second kappa shape index (κ2) is 4.75. The van der Waals surface area contributed by atoms with E-state index in [1.807, 2.05) is 0 Å². The third-order valence-electron chi connectivity index (χ3n) is 2.14. The molecule has 0 amide bonds. The number of aromatic amines is 1. The Balaban J connectivity index is 2.85. The molecule has 0 aliphatic heterocycles. The van der Waals surface area contributed by atoms with Crippen LogP contribution >= 0.6 is 0 Å². The van der Waals surface area contributed by atoms with E-state index in [0.29, 0.717) is 5.82 Å². The molecule has 0 radical (unpaired) electrons. The number of H-pyrrole nitrogens is 1. The molecule has 17 heavy (non-hydrogen) atoms. The Kier molecular flexibility index (Phi) is 3.95. The van der Waals surface area contributed by atoms with Crippen molar-refractivity contribution in [2.45, 2.75) is 11.9 Å². The van der Waals surface area contributed by atoms with Gasteiger partial charge in [-0.05, 0) is 6.92 Å². The van der Waals surface area contributed by atoms with Crippen LogP contribution in [0.1, 0.15) is 5.82 Å². The van der Waals surface area contributed by atoms with Gasteiger partial charge in [-0.25, -0.2) is 21.8 Å². The summed E-state index contributed by atoms with van der Waals surface area (Å²) in [7, 11) is -5.55. The van der Waals surface area contributed by atoms with Gasteiger partial charge in [0.2, 0.25) is 0 Å². The van der Waals surface area contributed by atoms with Crippen LogP contribution < -0.4 is 0 Å². The summed E-state index contributed by atoms with van der Waals surface area (Å²) in [4.78, 5) is 6.40. The fourth-order valence-corrected chi connectivity index (χ4v) is 2.96. The number of sulfone groups is 1. The van der Waals surface area contributed by atoms with Gasteiger partial charge in [0.05, 0.1) is 11.9 Å². The topological polar surface area (TPSA) is 100 Å². The van der Waals surface area contributed by atoms with Gasteiger partial charge in [0.1, 0.15) is 15.7 Å². The third kappa shape index (κ3) is 3.79.